The second kappa shape index (κ2) is 12.3. The molecule has 0 bridgehead atoms. The Morgan fingerprint density at radius 2 is 1.34 bits per heavy atom. The van der Waals surface area contributed by atoms with Gasteiger partial charge in [0.15, 0.2) is 22.8 Å². The van der Waals surface area contributed by atoms with Gasteiger partial charge in [-0.3, -0.25) is 0 Å². The Hall–Kier alpha value is -7.08. The summed E-state index contributed by atoms with van der Waals surface area (Å²) in [6, 6.07) is 58.9. The van der Waals surface area contributed by atoms with Gasteiger partial charge in [-0.05, 0) is 114 Å². The van der Waals surface area contributed by atoms with Gasteiger partial charge in [0.2, 0.25) is 5.69 Å². The van der Waals surface area contributed by atoms with E-state index in [0.717, 1.165) is 44.5 Å². The molecule has 296 valence electrons. The van der Waals surface area contributed by atoms with Crippen LogP contribution in [-0.4, -0.2) is 12.6 Å². The molecule has 2 aliphatic heterocycles. The molecule has 5 heteroatoms. The first-order valence-electron chi connectivity index (χ1n) is 21.8. The highest BCUT2D eigenvalue weighted by molar-refractivity contribution is 6.89. The number of hydrogen-bond donors (Lipinski definition) is 0. The highest BCUT2D eigenvalue weighted by Gasteiger charge is 2.67. The minimum atomic E-state index is -1.79. The number of imidazole rings is 1. The normalized spacial score (nSPS) is 15.3. The molecular weight excluding hydrogens is 771 g/mol. The average Bonchev–Trinajstić information content (AvgIpc) is 3.98. The van der Waals surface area contributed by atoms with Crippen LogP contribution in [0.5, 0.6) is 0 Å². The van der Waals surface area contributed by atoms with E-state index in [1.807, 2.05) is 0 Å². The van der Waals surface area contributed by atoms with E-state index >= 15 is 0 Å². The molecule has 0 saturated heterocycles. The molecule has 4 nitrogen and oxygen atoms in total. The molecule has 0 N–H and O–H groups in total. The van der Waals surface area contributed by atoms with Gasteiger partial charge < -0.3 is 4.42 Å². The van der Waals surface area contributed by atoms with Crippen molar-refractivity contribution in [2.24, 2.45) is 0 Å². The first-order valence-corrected chi connectivity index (χ1v) is 25.3. The molecule has 0 radical (unpaired) electrons. The summed E-state index contributed by atoms with van der Waals surface area (Å²) >= 11 is 0. The lowest BCUT2D eigenvalue weighted by atomic mass is 9.88. The fraction of sp³-hybridized carbons (Fsp3) is 0.123. The maximum absolute atomic E-state index is 7.29. The summed E-state index contributed by atoms with van der Waals surface area (Å²) in [6.07, 6.45) is 2.53. The Kier molecular flexibility index (Phi) is 7.06. The van der Waals surface area contributed by atoms with Gasteiger partial charge in [0, 0.05) is 27.4 Å². The van der Waals surface area contributed by atoms with Gasteiger partial charge in [-0.1, -0.05) is 122 Å². The maximum atomic E-state index is 7.29. The third kappa shape index (κ3) is 4.51. The zero-order valence-corrected chi connectivity index (χ0v) is 36.8. The van der Waals surface area contributed by atoms with Gasteiger partial charge in [0.25, 0.3) is 0 Å². The van der Waals surface area contributed by atoms with Gasteiger partial charge in [-0.15, -0.1) is 9.13 Å². The molecule has 8 aromatic carbocycles. The van der Waals surface area contributed by atoms with Crippen LogP contribution >= 0.6 is 0 Å². The van der Waals surface area contributed by atoms with Crippen LogP contribution in [0.1, 0.15) is 27.8 Å². The molecule has 0 amide bonds. The Morgan fingerprint density at radius 3 is 2.19 bits per heavy atom. The predicted molar refractivity (Wildman–Crippen MR) is 257 cm³/mol. The van der Waals surface area contributed by atoms with E-state index in [4.69, 9.17) is 4.42 Å². The summed E-state index contributed by atoms with van der Waals surface area (Å²) in [6.45, 7) is 14.2. The van der Waals surface area contributed by atoms with Crippen LogP contribution in [0.25, 0.3) is 94.0 Å². The zero-order chi connectivity index (χ0) is 41.8. The van der Waals surface area contributed by atoms with Crippen molar-refractivity contribution in [2.75, 3.05) is 0 Å². The summed E-state index contributed by atoms with van der Waals surface area (Å²) in [5, 5.41) is 8.69. The molecule has 62 heavy (non-hydrogen) atoms. The van der Waals surface area contributed by atoms with E-state index in [1.165, 1.54) is 82.4 Å². The van der Waals surface area contributed by atoms with E-state index in [-0.39, 0.29) is 0 Å². The molecule has 5 heterocycles. The van der Waals surface area contributed by atoms with Crippen LogP contribution in [0.4, 0.5) is 0 Å². The Balaban J connectivity index is 1.22. The number of benzene rings is 8. The first-order chi connectivity index (χ1) is 30.1. The van der Waals surface area contributed by atoms with Crippen molar-refractivity contribution in [3.05, 3.63) is 192 Å². The maximum Gasteiger partial charge on any atom is 0.364 e. The number of fused-ring (bicyclic) bond motifs is 18. The summed E-state index contributed by atoms with van der Waals surface area (Å²) in [5.74, 6) is 1.12. The molecule has 11 aromatic rings. The average molecular weight is 816 g/mol. The number of aromatic nitrogens is 3. The van der Waals surface area contributed by atoms with Crippen LogP contribution in [-0.2, 0) is 5.66 Å². The number of para-hydroxylation sites is 2. The molecule has 13 rings (SSSR count). The lowest BCUT2D eigenvalue weighted by Gasteiger charge is -2.23. The number of furan rings is 1. The third-order valence-corrected chi connectivity index (χ3v) is 16.2. The zero-order valence-electron chi connectivity index (χ0n) is 35.8. The van der Waals surface area contributed by atoms with E-state index in [0.29, 0.717) is 0 Å². The lowest BCUT2D eigenvalue weighted by molar-refractivity contribution is -0.944. The van der Waals surface area contributed by atoms with E-state index in [9.17, 15) is 0 Å². The Bertz CT molecular complexity index is 3780. The molecule has 0 saturated carbocycles. The highest BCUT2D eigenvalue weighted by Crippen LogP contribution is 2.53. The quantitative estimate of drug-likeness (QED) is 0.129. The summed E-state index contributed by atoms with van der Waals surface area (Å²) < 4.78 is 15.1. The largest absolute Gasteiger partial charge is 0.455 e. The minimum absolute atomic E-state index is 0.738. The molecule has 1 spiro atoms. The van der Waals surface area contributed by atoms with Crippen molar-refractivity contribution in [3.63, 3.8) is 0 Å². The molecule has 0 fully saturated rings. The minimum Gasteiger partial charge on any atom is -0.455 e. The molecular formula is C57H45N3OSi+2. The fourth-order valence-corrected chi connectivity index (χ4v) is 13.2. The highest BCUT2D eigenvalue weighted by atomic mass is 28.3. The van der Waals surface area contributed by atoms with E-state index in [1.54, 1.807) is 0 Å². The van der Waals surface area contributed by atoms with Crippen LogP contribution in [0, 0.1) is 20.8 Å². The second-order valence-electron chi connectivity index (χ2n) is 18.7. The summed E-state index contributed by atoms with van der Waals surface area (Å²) in [5.41, 5.74) is 17.0. The Labute approximate surface area is 361 Å². The van der Waals surface area contributed by atoms with Crippen molar-refractivity contribution in [3.8, 4) is 39.5 Å². The Morgan fingerprint density at radius 1 is 0.581 bits per heavy atom. The van der Waals surface area contributed by atoms with E-state index < -0.39 is 13.7 Å². The third-order valence-electron chi connectivity index (χ3n) is 14.1. The monoisotopic (exact) mass is 815 g/mol. The van der Waals surface area contributed by atoms with E-state index in [2.05, 4.69) is 218 Å². The van der Waals surface area contributed by atoms with Crippen molar-refractivity contribution < 1.29 is 13.6 Å². The van der Waals surface area contributed by atoms with Gasteiger partial charge in [-0.2, -0.15) is 4.57 Å². The molecule has 0 aliphatic carbocycles. The fourth-order valence-electron chi connectivity index (χ4n) is 11.4. The topological polar surface area (TPSA) is 25.8 Å². The molecule has 3 aromatic heterocycles. The number of hydrogen-bond acceptors (Lipinski definition) is 1. The van der Waals surface area contributed by atoms with Crippen LogP contribution in [0.3, 0.4) is 0 Å². The molecule has 1 atom stereocenters. The van der Waals surface area contributed by atoms with Crippen LogP contribution < -0.4 is 14.3 Å². The van der Waals surface area contributed by atoms with Crippen LogP contribution in [0.15, 0.2) is 168 Å². The van der Waals surface area contributed by atoms with Crippen molar-refractivity contribution in [1.82, 2.24) is 4.57 Å². The van der Waals surface area contributed by atoms with Gasteiger partial charge in [0.05, 0.1) is 24.8 Å². The van der Waals surface area contributed by atoms with Gasteiger partial charge in [-0.25, -0.2) is 0 Å². The second-order valence-corrected chi connectivity index (χ2v) is 23.8. The van der Waals surface area contributed by atoms with Crippen LogP contribution in [0.2, 0.25) is 19.6 Å². The predicted octanol–water partition coefficient (Wildman–Crippen LogP) is 12.8. The van der Waals surface area contributed by atoms with Crippen molar-refractivity contribution in [1.29, 1.82) is 0 Å². The number of nitrogens with zero attached hydrogens (tertiary/aromatic N) is 3. The standard InChI is InChI=1S/C57H45N3OSi/c1-34-22-25-44-47(30-34)57(58-33-53(62(4,5)6)36(3)31-51(44)58)46-28-27-43-45-32-38(40-26-23-35(2)39-16-9-10-18-42(39)40)24-29-52(45)61-55(43)54(46)56-59(49-19-11-12-20-50(49)60(56)57)48-21-13-15-37-14-7-8-17-41(37)48/h7-33H,1-6H3/q+2. The summed E-state index contributed by atoms with van der Waals surface area (Å²) in [7, 11) is -1.79. The van der Waals surface area contributed by atoms with Gasteiger partial charge in [0.1, 0.15) is 16.8 Å². The summed E-state index contributed by atoms with van der Waals surface area (Å²) in [4.78, 5) is 0. The molecule has 2 aliphatic rings. The lowest BCUT2D eigenvalue weighted by Crippen LogP contribution is -2.72. The van der Waals surface area contributed by atoms with Crippen molar-refractivity contribution >= 4 is 67.8 Å². The molecule has 1 unspecified atom stereocenters. The van der Waals surface area contributed by atoms with Crippen molar-refractivity contribution in [2.45, 2.75) is 46.1 Å². The smallest absolute Gasteiger partial charge is 0.364 e. The SMILES string of the molecule is Cc1ccc2c(c1)C1(c3ccc4c(oc5ccc(-c6ccc(C)c7ccccc67)cc54)c3-c3n(-c4cccc5ccccc45)c4ccccc4[n+]31)[n+]1cc([Si](C)(C)C)c(C)cc1-2. The van der Waals surface area contributed by atoms with Gasteiger partial charge >= 0.3 is 11.5 Å². The first kappa shape index (κ1) is 35.7. The number of pyridine rings is 1. The number of rotatable bonds is 3. The number of aryl methyl sites for hydroxylation is 3.